The van der Waals surface area contributed by atoms with Crippen molar-refractivity contribution < 1.29 is 9.47 Å². The van der Waals surface area contributed by atoms with Crippen LogP contribution in [0.5, 0.6) is 11.5 Å². The van der Waals surface area contributed by atoms with Crippen molar-refractivity contribution in [2.24, 2.45) is 0 Å². The fraction of sp³-hybridized carbons (Fsp3) is 0.316. The Morgan fingerprint density at radius 3 is 2.75 bits per heavy atom. The van der Waals surface area contributed by atoms with Gasteiger partial charge in [-0.3, -0.25) is 0 Å². The van der Waals surface area contributed by atoms with Gasteiger partial charge in [-0.05, 0) is 61.8 Å². The van der Waals surface area contributed by atoms with Gasteiger partial charge in [-0.25, -0.2) is 0 Å². The quantitative estimate of drug-likeness (QED) is 0.559. The van der Waals surface area contributed by atoms with Gasteiger partial charge in [0.25, 0.3) is 0 Å². The van der Waals surface area contributed by atoms with Crippen LogP contribution in [0.4, 0.5) is 5.69 Å². The van der Waals surface area contributed by atoms with Crippen LogP contribution >= 0.6 is 12.2 Å². The van der Waals surface area contributed by atoms with Gasteiger partial charge in [0.1, 0.15) is 11.5 Å². The fourth-order valence-electron chi connectivity index (χ4n) is 2.34. The van der Waals surface area contributed by atoms with Crippen molar-refractivity contribution in [2.75, 3.05) is 25.6 Å². The number of anilines is 1. The molecule has 0 saturated heterocycles. The summed E-state index contributed by atoms with van der Waals surface area (Å²) in [4.78, 5) is 0. The van der Waals surface area contributed by atoms with Gasteiger partial charge in [0.05, 0.1) is 19.4 Å². The summed E-state index contributed by atoms with van der Waals surface area (Å²) in [6.07, 6.45) is 1.96. The molecule has 2 N–H and O–H groups in total. The molecule has 0 bridgehead atoms. The summed E-state index contributed by atoms with van der Waals surface area (Å²) in [6, 6.07) is 15.9. The molecule has 24 heavy (non-hydrogen) atoms. The first kappa shape index (κ1) is 18.1. The van der Waals surface area contributed by atoms with Gasteiger partial charge >= 0.3 is 0 Å². The van der Waals surface area contributed by atoms with E-state index in [1.165, 1.54) is 5.56 Å². The zero-order valence-corrected chi connectivity index (χ0v) is 15.0. The van der Waals surface area contributed by atoms with Crippen LogP contribution in [-0.4, -0.2) is 25.4 Å². The Morgan fingerprint density at radius 2 is 1.96 bits per heavy atom. The average molecular weight is 344 g/mol. The van der Waals surface area contributed by atoms with E-state index < -0.39 is 0 Å². The van der Waals surface area contributed by atoms with Crippen molar-refractivity contribution in [2.45, 2.75) is 19.8 Å². The van der Waals surface area contributed by atoms with Crippen molar-refractivity contribution >= 4 is 23.0 Å². The van der Waals surface area contributed by atoms with Crippen LogP contribution in [0, 0.1) is 0 Å². The lowest BCUT2D eigenvalue weighted by atomic mass is 10.1. The molecule has 0 fully saturated rings. The third-order valence-electron chi connectivity index (χ3n) is 3.50. The van der Waals surface area contributed by atoms with Gasteiger partial charge in [0.2, 0.25) is 0 Å². The molecular formula is C19H24N2O2S. The molecule has 0 aliphatic rings. The minimum Gasteiger partial charge on any atom is -0.497 e. The molecule has 0 aromatic heterocycles. The number of hydrogen-bond donors (Lipinski definition) is 2. The number of benzene rings is 2. The van der Waals surface area contributed by atoms with E-state index in [1.54, 1.807) is 7.11 Å². The van der Waals surface area contributed by atoms with Crippen molar-refractivity contribution in [1.82, 2.24) is 5.32 Å². The molecular weight excluding hydrogens is 320 g/mol. The molecule has 2 aromatic carbocycles. The van der Waals surface area contributed by atoms with E-state index in [1.807, 2.05) is 43.3 Å². The number of nitrogens with one attached hydrogen (secondary N) is 2. The van der Waals surface area contributed by atoms with Crippen LogP contribution in [0.2, 0.25) is 0 Å². The monoisotopic (exact) mass is 344 g/mol. The van der Waals surface area contributed by atoms with Gasteiger partial charge in [0, 0.05) is 6.54 Å². The maximum atomic E-state index is 5.58. The molecule has 0 aliphatic heterocycles. The fourth-order valence-corrected chi connectivity index (χ4v) is 2.55. The maximum Gasteiger partial charge on any atom is 0.170 e. The predicted molar refractivity (Wildman–Crippen MR) is 103 cm³/mol. The molecule has 0 heterocycles. The summed E-state index contributed by atoms with van der Waals surface area (Å²) in [5.41, 5.74) is 2.14. The smallest absolute Gasteiger partial charge is 0.170 e. The molecule has 5 heteroatoms. The highest BCUT2D eigenvalue weighted by Gasteiger charge is 2.04. The molecule has 2 rings (SSSR count). The van der Waals surface area contributed by atoms with Crippen LogP contribution in [-0.2, 0) is 6.42 Å². The van der Waals surface area contributed by atoms with E-state index in [2.05, 4.69) is 22.8 Å². The van der Waals surface area contributed by atoms with E-state index in [4.69, 9.17) is 21.7 Å². The van der Waals surface area contributed by atoms with E-state index in [9.17, 15) is 0 Å². The molecule has 0 amide bonds. The first-order chi connectivity index (χ1) is 11.7. The molecule has 0 spiro atoms. The molecule has 0 radical (unpaired) electrons. The third-order valence-corrected chi connectivity index (χ3v) is 3.74. The van der Waals surface area contributed by atoms with Crippen LogP contribution in [0.3, 0.4) is 0 Å². The van der Waals surface area contributed by atoms with E-state index in [-0.39, 0.29) is 0 Å². The minimum absolute atomic E-state index is 0.604. The molecule has 2 aromatic rings. The predicted octanol–water partition coefficient (Wildman–Crippen LogP) is 4.01. The first-order valence-electron chi connectivity index (χ1n) is 8.12. The Bertz CT molecular complexity index is 661. The van der Waals surface area contributed by atoms with Crippen LogP contribution < -0.4 is 20.1 Å². The van der Waals surface area contributed by atoms with Crippen molar-refractivity contribution in [1.29, 1.82) is 0 Å². The Morgan fingerprint density at radius 1 is 1.12 bits per heavy atom. The molecule has 4 nitrogen and oxygen atoms in total. The second-order valence-electron chi connectivity index (χ2n) is 5.27. The van der Waals surface area contributed by atoms with Crippen molar-refractivity contribution in [3.8, 4) is 11.5 Å². The minimum atomic E-state index is 0.604. The van der Waals surface area contributed by atoms with Gasteiger partial charge in [0.15, 0.2) is 5.11 Å². The first-order valence-corrected chi connectivity index (χ1v) is 8.53. The maximum absolute atomic E-state index is 5.58. The third kappa shape index (κ3) is 5.74. The van der Waals surface area contributed by atoms with Crippen LogP contribution in [0.25, 0.3) is 0 Å². The lowest BCUT2D eigenvalue weighted by Gasteiger charge is -2.14. The number of para-hydroxylation sites is 2. The van der Waals surface area contributed by atoms with Crippen molar-refractivity contribution in [3.63, 3.8) is 0 Å². The van der Waals surface area contributed by atoms with Crippen LogP contribution in [0.15, 0.2) is 48.5 Å². The van der Waals surface area contributed by atoms with Gasteiger partial charge in [-0.1, -0.05) is 24.3 Å². The number of methoxy groups -OCH3 is 1. The van der Waals surface area contributed by atoms with Crippen molar-refractivity contribution in [3.05, 3.63) is 54.1 Å². The van der Waals surface area contributed by atoms with E-state index in [0.717, 1.165) is 36.6 Å². The molecule has 0 unspecified atom stereocenters. The standard InChI is InChI=1S/C19H24N2O2S/c1-3-23-18-12-5-4-11-17(18)21-19(24)20-13-7-9-15-8-6-10-16(14-15)22-2/h4-6,8,10-12,14H,3,7,9,13H2,1-2H3,(H2,20,21,24). The number of thiocarbonyl (C=S) groups is 1. The van der Waals surface area contributed by atoms with Crippen LogP contribution in [0.1, 0.15) is 18.9 Å². The lowest BCUT2D eigenvalue weighted by Crippen LogP contribution is -2.29. The Labute approximate surface area is 149 Å². The summed E-state index contributed by atoms with van der Waals surface area (Å²) in [5, 5.41) is 7.02. The summed E-state index contributed by atoms with van der Waals surface area (Å²) < 4.78 is 10.8. The topological polar surface area (TPSA) is 42.5 Å². The van der Waals surface area contributed by atoms with Gasteiger partial charge in [-0.2, -0.15) is 0 Å². The number of hydrogen-bond acceptors (Lipinski definition) is 3. The summed E-state index contributed by atoms with van der Waals surface area (Å²) in [5.74, 6) is 1.70. The summed E-state index contributed by atoms with van der Waals surface area (Å²) in [7, 11) is 1.69. The van der Waals surface area contributed by atoms with Gasteiger partial charge in [-0.15, -0.1) is 0 Å². The Balaban J connectivity index is 1.75. The molecule has 0 atom stereocenters. The number of ether oxygens (including phenoxy) is 2. The highest BCUT2D eigenvalue weighted by Crippen LogP contribution is 2.23. The second-order valence-corrected chi connectivity index (χ2v) is 5.67. The molecule has 0 saturated carbocycles. The summed E-state index contributed by atoms with van der Waals surface area (Å²) in [6.45, 7) is 3.39. The largest absolute Gasteiger partial charge is 0.497 e. The Kier molecular flexibility index (Phi) is 7.36. The number of aryl methyl sites for hydroxylation is 1. The molecule has 0 aliphatic carbocycles. The Hall–Kier alpha value is -2.27. The second kappa shape index (κ2) is 9.78. The SMILES string of the molecule is CCOc1ccccc1NC(=S)NCCCc1cccc(OC)c1. The zero-order valence-electron chi connectivity index (χ0n) is 14.2. The highest BCUT2D eigenvalue weighted by molar-refractivity contribution is 7.80. The van der Waals surface area contributed by atoms with E-state index >= 15 is 0 Å². The lowest BCUT2D eigenvalue weighted by molar-refractivity contribution is 0.342. The molecule has 128 valence electrons. The normalized spacial score (nSPS) is 10.1. The number of rotatable bonds is 8. The zero-order chi connectivity index (χ0) is 17.2. The van der Waals surface area contributed by atoms with Gasteiger partial charge < -0.3 is 20.1 Å². The highest BCUT2D eigenvalue weighted by atomic mass is 32.1. The summed E-state index contributed by atoms with van der Waals surface area (Å²) >= 11 is 5.35. The van der Waals surface area contributed by atoms with E-state index in [0.29, 0.717) is 11.7 Å². The average Bonchev–Trinajstić information content (AvgIpc) is 2.61.